The number of hydrogen-bond donors (Lipinski definition) is 1. The van der Waals surface area contributed by atoms with Crippen LogP contribution in [0.4, 0.5) is 18.9 Å². The zero-order chi connectivity index (χ0) is 19.6. The van der Waals surface area contributed by atoms with Crippen molar-refractivity contribution in [2.75, 3.05) is 10.6 Å². The molecule has 1 aromatic carbocycles. The van der Waals surface area contributed by atoms with Crippen LogP contribution in [-0.2, 0) is 21.0 Å². The highest BCUT2D eigenvalue weighted by Crippen LogP contribution is 2.32. The molecular formula is C16H23F3N2O3S. The third-order valence-electron chi connectivity index (χ3n) is 3.89. The second-order valence-corrected chi connectivity index (χ2v) is 8.18. The quantitative estimate of drug-likeness (QED) is 0.825. The summed E-state index contributed by atoms with van der Waals surface area (Å²) in [5, 5.41) is 2.68. The first-order valence-corrected chi connectivity index (χ1v) is 9.57. The minimum absolute atomic E-state index is 0.122. The van der Waals surface area contributed by atoms with E-state index in [1.165, 1.54) is 13.0 Å². The Morgan fingerprint density at radius 2 is 1.72 bits per heavy atom. The summed E-state index contributed by atoms with van der Waals surface area (Å²) in [6.07, 6.45) is -3.76. The Balaban J connectivity index is 3.26. The summed E-state index contributed by atoms with van der Waals surface area (Å²) in [6, 6.07) is 2.49. The van der Waals surface area contributed by atoms with E-state index in [1.807, 2.05) is 13.8 Å². The molecule has 0 spiro atoms. The number of hydrogen-bond acceptors (Lipinski definition) is 3. The SMILES string of the molecule is CC(C)[C@H](C)NC(=O)[C@@H](C)N(c1cccc(C(F)(F)F)c1)S(C)(=O)=O. The van der Waals surface area contributed by atoms with Crippen molar-refractivity contribution in [3.63, 3.8) is 0 Å². The zero-order valence-corrected chi connectivity index (χ0v) is 15.6. The average molecular weight is 380 g/mol. The normalized spacial score (nSPS) is 14.9. The van der Waals surface area contributed by atoms with Crippen molar-refractivity contribution < 1.29 is 26.4 Å². The summed E-state index contributed by atoms with van der Waals surface area (Å²) in [5.74, 6) is -0.458. The summed E-state index contributed by atoms with van der Waals surface area (Å²) in [7, 11) is -3.98. The first kappa shape index (κ1) is 21.3. The number of halogens is 3. The monoisotopic (exact) mass is 380 g/mol. The third-order valence-corrected chi connectivity index (χ3v) is 5.13. The molecule has 5 nitrogen and oxygen atoms in total. The van der Waals surface area contributed by atoms with Crippen LogP contribution in [0.15, 0.2) is 24.3 Å². The van der Waals surface area contributed by atoms with Gasteiger partial charge in [-0.2, -0.15) is 13.2 Å². The lowest BCUT2D eigenvalue weighted by molar-refractivity contribution is -0.137. The molecule has 2 atom stereocenters. The van der Waals surface area contributed by atoms with Crippen molar-refractivity contribution in [3.8, 4) is 0 Å². The minimum Gasteiger partial charge on any atom is -0.352 e. The van der Waals surface area contributed by atoms with E-state index < -0.39 is 33.7 Å². The fourth-order valence-corrected chi connectivity index (χ4v) is 3.31. The predicted molar refractivity (Wildman–Crippen MR) is 90.7 cm³/mol. The lowest BCUT2D eigenvalue weighted by Crippen LogP contribution is -2.50. The largest absolute Gasteiger partial charge is 0.416 e. The second-order valence-electron chi connectivity index (χ2n) is 6.32. The van der Waals surface area contributed by atoms with Crippen LogP contribution in [0.2, 0.25) is 0 Å². The number of amides is 1. The van der Waals surface area contributed by atoms with Crippen molar-refractivity contribution in [3.05, 3.63) is 29.8 Å². The number of anilines is 1. The average Bonchev–Trinajstić information content (AvgIpc) is 2.45. The van der Waals surface area contributed by atoms with Gasteiger partial charge in [0.25, 0.3) is 0 Å². The van der Waals surface area contributed by atoms with Crippen molar-refractivity contribution in [1.82, 2.24) is 5.32 Å². The van der Waals surface area contributed by atoms with Crippen molar-refractivity contribution >= 4 is 21.6 Å². The van der Waals surface area contributed by atoms with Crippen LogP contribution in [-0.4, -0.2) is 32.7 Å². The fraction of sp³-hybridized carbons (Fsp3) is 0.562. The van der Waals surface area contributed by atoms with Gasteiger partial charge in [-0.25, -0.2) is 8.42 Å². The molecule has 0 aliphatic carbocycles. The number of nitrogens with zero attached hydrogens (tertiary/aromatic N) is 1. The summed E-state index contributed by atoms with van der Waals surface area (Å²) < 4.78 is 63.6. The van der Waals surface area contributed by atoms with Gasteiger partial charge in [0, 0.05) is 6.04 Å². The van der Waals surface area contributed by atoms with Gasteiger partial charge in [0.2, 0.25) is 15.9 Å². The maximum Gasteiger partial charge on any atom is 0.416 e. The molecule has 1 rings (SSSR count). The number of sulfonamides is 1. The zero-order valence-electron chi connectivity index (χ0n) is 14.8. The molecule has 1 N–H and O–H groups in total. The number of benzene rings is 1. The van der Waals surface area contributed by atoms with Gasteiger partial charge in [0.1, 0.15) is 6.04 Å². The number of carbonyl (C=O) groups is 1. The molecule has 0 fully saturated rings. The van der Waals surface area contributed by atoms with E-state index in [1.54, 1.807) is 6.92 Å². The molecule has 1 aromatic rings. The molecule has 142 valence electrons. The minimum atomic E-state index is -4.61. The molecule has 0 heterocycles. The van der Waals surface area contributed by atoms with Gasteiger partial charge in [-0.1, -0.05) is 19.9 Å². The van der Waals surface area contributed by atoms with E-state index in [0.29, 0.717) is 4.31 Å². The molecule has 9 heteroatoms. The Hall–Kier alpha value is -1.77. The molecule has 0 saturated heterocycles. The topological polar surface area (TPSA) is 66.5 Å². The van der Waals surface area contributed by atoms with Gasteiger partial charge in [-0.3, -0.25) is 9.10 Å². The fourth-order valence-electron chi connectivity index (χ4n) is 2.14. The Morgan fingerprint density at radius 3 is 2.16 bits per heavy atom. The first-order chi connectivity index (χ1) is 11.2. The van der Waals surface area contributed by atoms with Crippen molar-refractivity contribution in [1.29, 1.82) is 0 Å². The highest BCUT2D eigenvalue weighted by Gasteiger charge is 2.34. The Labute approximate surface area is 146 Å². The van der Waals surface area contributed by atoms with Crippen LogP contribution in [0.5, 0.6) is 0 Å². The lowest BCUT2D eigenvalue weighted by atomic mass is 10.1. The molecule has 0 bridgehead atoms. The highest BCUT2D eigenvalue weighted by molar-refractivity contribution is 7.92. The lowest BCUT2D eigenvalue weighted by Gasteiger charge is -2.30. The third kappa shape index (κ3) is 5.62. The molecule has 0 unspecified atom stereocenters. The smallest absolute Gasteiger partial charge is 0.352 e. The molecular weight excluding hydrogens is 357 g/mol. The molecule has 0 radical (unpaired) electrons. The van der Waals surface area contributed by atoms with Crippen LogP contribution in [0, 0.1) is 5.92 Å². The Bertz CT molecular complexity index is 718. The molecule has 0 aliphatic heterocycles. The summed E-state index contributed by atoms with van der Waals surface area (Å²) in [5.41, 5.74) is -1.20. The van der Waals surface area contributed by atoms with Gasteiger partial charge in [-0.05, 0) is 38.0 Å². The molecule has 1 amide bonds. The van der Waals surface area contributed by atoms with Crippen LogP contribution in [0.3, 0.4) is 0 Å². The summed E-state index contributed by atoms with van der Waals surface area (Å²) in [4.78, 5) is 12.4. The van der Waals surface area contributed by atoms with Crippen molar-refractivity contribution in [2.45, 2.75) is 46.0 Å². The molecule has 0 aliphatic rings. The van der Waals surface area contributed by atoms with Gasteiger partial charge in [0.15, 0.2) is 0 Å². The van der Waals surface area contributed by atoms with Crippen LogP contribution in [0.1, 0.15) is 33.3 Å². The van der Waals surface area contributed by atoms with Crippen LogP contribution in [0.25, 0.3) is 0 Å². The number of rotatable bonds is 6. The van der Waals surface area contributed by atoms with Crippen LogP contribution >= 0.6 is 0 Å². The predicted octanol–water partition coefficient (Wildman–Crippen LogP) is 3.02. The molecule has 0 aromatic heterocycles. The van der Waals surface area contributed by atoms with Gasteiger partial charge < -0.3 is 5.32 Å². The number of nitrogens with one attached hydrogen (secondary N) is 1. The Kier molecular flexibility index (Phi) is 6.50. The van der Waals surface area contributed by atoms with Gasteiger partial charge in [0.05, 0.1) is 17.5 Å². The van der Waals surface area contributed by atoms with Crippen LogP contribution < -0.4 is 9.62 Å². The number of alkyl halides is 3. The molecule has 0 saturated carbocycles. The maximum atomic E-state index is 12.9. The second kappa shape index (κ2) is 7.63. The Morgan fingerprint density at radius 1 is 1.16 bits per heavy atom. The molecule has 25 heavy (non-hydrogen) atoms. The van der Waals surface area contributed by atoms with Gasteiger partial charge >= 0.3 is 6.18 Å². The number of carbonyl (C=O) groups excluding carboxylic acids is 1. The van der Waals surface area contributed by atoms with E-state index >= 15 is 0 Å². The maximum absolute atomic E-state index is 12.9. The van der Waals surface area contributed by atoms with E-state index in [4.69, 9.17) is 0 Å². The van der Waals surface area contributed by atoms with Gasteiger partial charge in [-0.15, -0.1) is 0 Å². The summed E-state index contributed by atoms with van der Waals surface area (Å²) >= 11 is 0. The standard InChI is InChI=1S/C16H23F3N2O3S/c1-10(2)11(3)20-15(22)12(4)21(25(5,23)24)14-8-6-7-13(9-14)16(17,18)19/h6-12H,1-5H3,(H,20,22)/t11-,12+/m0/s1. The summed E-state index contributed by atoms with van der Waals surface area (Å²) in [6.45, 7) is 6.88. The van der Waals surface area contributed by atoms with E-state index in [0.717, 1.165) is 24.5 Å². The van der Waals surface area contributed by atoms with Crippen molar-refractivity contribution in [2.24, 2.45) is 5.92 Å². The van der Waals surface area contributed by atoms with E-state index in [2.05, 4.69) is 5.32 Å². The highest BCUT2D eigenvalue weighted by atomic mass is 32.2. The van der Waals surface area contributed by atoms with E-state index in [-0.39, 0.29) is 17.6 Å². The first-order valence-electron chi connectivity index (χ1n) is 7.72. The van der Waals surface area contributed by atoms with E-state index in [9.17, 15) is 26.4 Å².